The first-order valence-electron chi connectivity index (χ1n) is 12.1. The Hall–Kier alpha value is -0.834. The van der Waals surface area contributed by atoms with Gasteiger partial charge in [0.15, 0.2) is 6.10 Å². The van der Waals surface area contributed by atoms with E-state index in [1.807, 2.05) is 0 Å². The topological polar surface area (TPSA) is 113 Å². The van der Waals surface area contributed by atoms with Crippen LogP contribution in [0.3, 0.4) is 0 Å². The summed E-state index contributed by atoms with van der Waals surface area (Å²) in [5, 5.41) is 28.3. The van der Waals surface area contributed by atoms with Crippen molar-refractivity contribution in [2.24, 2.45) is 0 Å². The largest absolute Gasteiger partial charge is 0.499 e. The average Bonchev–Trinajstić information content (AvgIpc) is 3.04. The van der Waals surface area contributed by atoms with E-state index < -0.39 is 42.3 Å². The van der Waals surface area contributed by atoms with Crippen LogP contribution in [0.5, 0.6) is 0 Å². The van der Waals surface area contributed by atoms with Crippen molar-refractivity contribution in [1.29, 1.82) is 0 Å². The van der Waals surface area contributed by atoms with Crippen LogP contribution in [-0.4, -0.2) is 69.1 Å². The first-order chi connectivity index (χ1) is 15.0. The molecule has 0 bridgehead atoms. The lowest BCUT2D eigenvalue weighted by molar-refractivity contribution is -0.151. The summed E-state index contributed by atoms with van der Waals surface area (Å²) >= 11 is 0. The Morgan fingerprint density at radius 2 is 1.34 bits per heavy atom. The summed E-state index contributed by atoms with van der Waals surface area (Å²) in [6, 6.07) is 0. The second-order valence-corrected chi connectivity index (χ2v) is 8.46. The number of carbonyl (C=O) groups excluding carboxylic acids is 2. The molecule has 3 N–H and O–H groups in total. The minimum atomic E-state index is -1.46. The van der Waals surface area contributed by atoms with Gasteiger partial charge in [0, 0.05) is 6.42 Å². The molecule has 0 amide bonds. The summed E-state index contributed by atoms with van der Waals surface area (Å²) in [7, 11) is 0. The third-order valence-electron chi connectivity index (χ3n) is 5.66. The van der Waals surface area contributed by atoms with Crippen molar-refractivity contribution in [2.45, 2.75) is 122 Å². The number of hydrogen-bond acceptors (Lipinski definition) is 7. The molecule has 0 aliphatic carbocycles. The van der Waals surface area contributed by atoms with Crippen LogP contribution in [0.25, 0.3) is 0 Å². The van der Waals surface area contributed by atoms with Crippen molar-refractivity contribution in [2.75, 3.05) is 6.61 Å². The molecule has 1 aliphatic rings. The first kappa shape index (κ1) is 31.2. The number of hydrogen-bond donors (Lipinski definition) is 3. The molecule has 1 aliphatic heterocycles. The zero-order valence-corrected chi connectivity index (χ0v) is 19.2. The molecule has 1 rings (SSSR count). The van der Waals surface area contributed by atoms with Crippen molar-refractivity contribution in [3.05, 3.63) is 11.5 Å². The van der Waals surface area contributed by atoms with Gasteiger partial charge in [-0.2, -0.15) is 0 Å². The highest BCUT2D eigenvalue weighted by atomic mass is 24.3. The van der Waals surface area contributed by atoms with Crippen LogP contribution in [0, 0.1) is 0 Å². The number of ether oxygens (including phenoxy) is 2. The fourth-order valence-electron chi connectivity index (χ4n) is 3.73. The van der Waals surface area contributed by atoms with Gasteiger partial charge in [-0.3, -0.25) is 4.79 Å². The first-order valence-corrected chi connectivity index (χ1v) is 12.1. The maximum atomic E-state index is 12.0. The molecular formula is C24H44MgO7. The fraction of sp³-hybridized carbons (Fsp3) is 0.833. The predicted octanol–water partition coefficient (Wildman–Crippen LogP) is 3.92. The maximum Gasteiger partial charge on any atom is 0.378 e. The number of aliphatic hydroxyl groups is 3. The smallest absolute Gasteiger partial charge is 0.378 e. The summed E-state index contributed by atoms with van der Waals surface area (Å²) in [6.45, 7) is 1.56. The quantitative estimate of drug-likeness (QED) is 0.149. The van der Waals surface area contributed by atoms with E-state index in [0.29, 0.717) is 6.42 Å². The molecule has 2 atom stereocenters. The summed E-state index contributed by atoms with van der Waals surface area (Å²) < 4.78 is 9.74. The molecule has 0 aromatic rings. The highest BCUT2D eigenvalue weighted by Crippen LogP contribution is 2.25. The molecule has 0 spiro atoms. The molecule has 8 heteroatoms. The summed E-state index contributed by atoms with van der Waals surface area (Å²) in [5.74, 6) is -2.92. The van der Waals surface area contributed by atoms with Crippen molar-refractivity contribution >= 4 is 35.0 Å². The van der Waals surface area contributed by atoms with Gasteiger partial charge in [0.1, 0.15) is 6.10 Å². The third-order valence-corrected chi connectivity index (χ3v) is 5.66. The molecule has 0 saturated carbocycles. The van der Waals surface area contributed by atoms with Gasteiger partial charge < -0.3 is 24.8 Å². The Bertz CT molecular complexity index is 550. The Labute approximate surface area is 209 Å². The normalized spacial score (nSPS) is 16.6. The van der Waals surface area contributed by atoms with Crippen molar-refractivity contribution < 1.29 is 34.4 Å². The number of carbonyl (C=O) groups is 2. The number of esters is 2. The lowest BCUT2D eigenvalue weighted by Gasteiger charge is -2.17. The van der Waals surface area contributed by atoms with E-state index in [4.69, 9.17) is 14.6 Å². The number of unbranched alkanes of at least 4 members (excludes halogenated alkanes) is 14. The molecule has 0 fully saturated rings. The zero-order valence-electron chi connectivity index (χ0n) is 19.2. The van der Waals surface area contributed by atoms with E-state index in [1.165, 1.54) is 70.6 Å². The van der Waals surface area contributed by atoms with Gasteiger partial charge in [0.2, 0.25) is 11.5 Å². The highest BCUT2D eigenvalue weighted by molar-refractivity contribution is 5.90. The van der Waals surface area contributed by atoms with E-state index >= 15 is 0 Å². The molecule has 0 aromatic carbocycles. The lowest BCUT2D eigenvalue weighted by Crippen LogP contribution is -2.33. The van der Waals surface area contributed by atoms with Crippen LogP contribution in [-0.2, 0) is 19.1 Å². The third kappa shape index (κ3) is 13.0. The summed E-state index contributed by atoms with van der Waals surface area (Å²) in [4.78, 5) is 23.4. The minimum absolute atomic E-state index is 0. The van der Waals surface area contributed by atoms with Crippen LogP contribution in [0.2, 0.25) is 0 Å². The van der Waals surface area contributed by atoms with Crippen LogP contribution < -0.4 is 0 Å². The molecule has 32 heavy (non-hydrogen) atoms. The monoisotopic (exact) mass is 468 g/mol. The fourth-order valence-corrected chi connectivity index (χ4v) is 3.73. The second kappa shape index (κ2) is 19.6. The Morgan fingerprint density at radius 1 is 0.906 bits per heavy atom. The predicted molar refractivity (Wildman–Crippen MR) is 127 cm³/mol. The summed E-state index contributed by atoms with van der Waals surface area (Å²) in [6.07, 6.45) is 15.8. The SMILES string of the molecule is CCCCCCCCCCCCCCCCCC(=O)OC1=C(O)C(=O)O[C@@H]1[C@@H](O)CO.[MgH2]. The Balaban J connectivity index is 0.00000961. The van der Waals surface area contributed by atoms with Gasteiger partial charge in [-0.25, -0.2) is 4.79 Å². The standard InChI is InChI=1S/C24H42O7.Mg.2H/c1-2-3-4-5-6-7-8-9-10-11-12-13-14-15-16-17-20(27)30-23-21(28)24(29)31-22(23)19(26)18-25;;;/h19,22,25-26,28H,2-18H2,1H3;;;/t19-,22+;;;/m0.../s1. The molecule has 7 nitrogen and oxygen atoms in total. The maximum absolute atomic E-state index is 12.0. The van der Waals surface area contributed by atoms with Crippen LogP contribution in [0.1, 0.15) is 110 Å². The second-order valence-electron chi connectivity index (χ2n) is 8.46. The van der Waals surface area contributed by atoms with E-state index in [2.05, 4.69) is 6.92 Å². The van der Waals surface area contributed by atoms with Crippen LogP contribution in [0.15, 0.2) is 11.5 Å². The number of cyclic esters (lactones) is 1. The molecule has 1 heterocycles. The molecule has 0 aromatic heterocycles. The van der Waals surface area contributed by atoms with Gasteiger partial charge in [-0.1, -0.05) is 96.8 Å². The molecular weight excluding hydrogens is 425 g/mol. The van der Waals surface area contributed by atoms with Crippen LogP contribution >= 0.6 is 0 Å². The van der Waals surface area contributed by atoms with Gasteiger partial charge in [0.25, 0.3) is 0 Å². The van der Waals surface area contributed by atoms with E-state index in [9.17, 15) is 19.8 Å². The Kier molecular flexibility index (Phi) is 19.1. The van der Waals surface area contributed by atoms with E-state index in [1.54, 1.807) is 0 Å². The van der Waals surface area contributed by atoms with Gasteiger partial charge in [-0.15, -0.1) is 0 Å². The molecule has 184 valence electrons. The highest BCUT2D eigenvalue weighted by Gasteiger charge is 2.41. The van der Waals surface area contributed by atoms with Crippen LogP contribution in [0.4, 0.5) is 0 Å². The van der Waals surface area contributed by atoms with E-state index in [-0.39, 0.29) is 29.5 Å². The average molecular weight is 469 g/mol. The van der Waals surface area contributed by atoms with Gasteiger partial charge >= 0.3 is 35.0 Å². The number of rotatable bonds is 19. The Morgan fingerprint density at radius 3 is 1.78 bits per heavy atom. The minimum Gasteiger partial charge on any atom is -0.499 e. The van der Waals surface area contributed by atoms with Crippen molar-refractivity contribution in [3.63, 3.8) is 0 Å². The van der Waals surface area contributed by atoms with Gasteiger partial charge in [-0.05, 0) is 6.42 Å². The van der Waals surface area contributed by atoms with Crippen molar-refractivity contribution in [3.8, 4) is 0 Å². The summed E-state index contributed by atoms with van der Waals surface area (Å²) in [5.41, 5.74) is 0. The lowest BCUT2D eigenvalue weighted by atomic mass is 10.0. The number of aliphatic hydroxyl groups excluding tert-OH is 3. The van der Waals surface area contributed by atoms with Crippen molar-refractivity contribution in [1.82, 2.24) is 0 Å². The van der Waals surface area contributed by atoms with Gasteiger partial charge in [0.05, 0.1) is 6.61 Å². The molecule has 0 unspecified atom stereocenters. The molecule has 0 saturated heterocycles. The zero-order chi connectivity index (χ0) is 22.9. The molecule has 0 radical (unpaired) electrons. The van der Waals surface area contributed by atoms with E-state index in [0.717, 1.165) is 19.3 Å².